The van der Waals surface area contributed by atoms with E-state index in [2.05, 4.69) is 10.6 Å². The smallest absolute Gasteiger partial charge is 0.273 e. The number of nitrogens with one attached hydrogen (secondary N) is 2. The molecule has 2 N–H and O–H groups in total. The molecule has 0 unspecified atom stereocenters. The van der Waals surface area contributed by atoms with Crippen LogP contribution >= 0.6 is 12.4 Å². The van der Waals surface area contributed by atoms with Crippen molar-refractivity contribution in [3.8, 4) is 0 Å². The summed E-state index contributed by atoms with van der Waals surface area (Å²) in [5.74, 6) is -0.298. The molecule has 1 aromatic carbocycles. The summed E-state index contributed by atoms with van der Waals surface area (Å²) in [7, 11) is 0. The molecule has 1 rings (SSSR count). The maximum atomic E-state index is 11.9. The Kier molecular flexibility index (Phi) is 7.79. The van der Waals surface area contributed by atoms with Crippen LogP contribution in [0.25, 0.3) is 0 Å². The number of carbonyl (C=O) groups is 1. The van der Waals surface area contributed by atoms with Crippen molar-refractivity contribution in [2.45, 2.75) is 26.8 Å². The van der Waals surface area contributed by atoms with Gasteiger partial charge >= 0.3 is 0 Å². The number of carbonyl (C=O) groups excluding carboxylic acids is 1. The van der Waals surface area contributed by atoms with Gasteiger partial charge in [-0.05, 0) is 26.5 Å². The van der Waals surface area contributed by atoms with E-state index < -0.39 is 4.92 Å². The number of hydrogen-bond donors (Lipinski definition) is 2. The summed E-state index contributed by atoms with van der Waals surface area (Å²) < 4.78 is 0. The maximum Gasteiger partial charge on any atom is 0.273 e. The van der Waals surface area contributed by atoms with Gasteiger partial charge in [0, 0.05) is 29.8 Å². The van der Waals surface area contributed by atoms with Gasteiger partial charge in [0.1, 0.15) is 0 Å². The Labute approximate surface area is 124 Å². The second-order valence-corrected chi connectivity index (χ2v) is 4.43. The van der Waals surface area contributed by atoms with Crippen LogP contribution in [0.5, 0.6) is 0 Å². The van der Waals surface area contributed by atoms with Crippen LogP contribution < -0.4 is 10.6 Å². The van der Waals surface area contributed by atoms with Gasteiger partial charge in [-0.2, -0.15) is 0 Å². The highest BCUT2D eigenvalue weighted by Crippen LogP contribution is 2.19. The average Bonchev–Trinajstić information content (AvgIpc) is 2.36. The zero-order valence-corrected chi connectivity index (χ0v) is 12.6. The van der Waals surface area contributed by atoms with Crippen LogP contribution in [0.3, 0.4) is 0 Å². The van der Waals surface area contributed by atoms with Crippen molar-refractivity contribution >= 4 is 24.0 Å². The molecular weight excluding hydrogens is 282 g/mol. The first-order chi connectivity index (χ1) is 8.95. The second kappa shape index (κ2) is 8.50. The van der Waals surface area contributed by atoms with Gasteiger partial charge in [-0.1, -0.05) is 13.0 Å². The topological polar surface area (TPSA) is 84.3 Å². The molecule has 1 aromatic rings. The molecule has 0 spiro atoms. The van der Waals surface area contributed by atoms with E-state index in [0.717, 1.165) is 6.54 Å². The highest BCUT2D eigenvalue weighted by molar-refractivity contribution is 5.95. The van der Waals surface area contributed by atoms with Crippen LogP contribution in [-0.4, -0.2) is 30.0 Å². The molecule has 1 amide bonds. The monoisotopic (exact) mass is 301 g/mol. The van der Waals surface area contributed by atoms with Gasteiger partial charge in [-0.3, -0.25) is 14.9 Å². The standard InChI is InChI=1S/C13H19N3O3.ClH/c1-4-14-10(3)8-15-13(17)11-6-5-9(2)12(7-11)16(18)19;/h5-7,10,14H,4,8H2,1-3H3,(H,15,17);1H/t10-;/m1./s1. The molecule has 0 radical (unpaired) electrons. The van der Waals surface area contributed by atoms with Crippen LogP contribution in [0.1, 0.15) is 29.8 Å². The van der Waals surface area contributed by atoms with Gasteiger partial charge in [0.05, 0.1) is 4.92 Å². The molecule has 7 heteroatoms. The Hall–Kier alpha value is -1.66. The van der Waals surface area contributed by atoms with Gasteiger partial charge in [-0.15, -0.1) is 12.4 Å². The van der Waals surface area contributed by atoms with Crippen LogP contribution in [0.4, 0.5) is 5.69 Å². The van der Waals surface area contributed by atoms with E-state index in [9.17, 15) is 14.9 Å². The lowest BCUT2D eigenvalue weighted by Gasteiger charge is -2.13. The third-order valence-electron chi connectivity index (χ3n) is 2.79. The number of nitro groups is 1. The molecule has 0 saturated carbocycles. The van der Waals surface area contributed by atoms with Gasteiger partial charge in [0.25, 0.3) is 11.6 Å². The summed E-state index contributed by atoms with van der Waals surface area (Å²) in [6.07, 6.45) is 0. The summed E-state index contributed by atoms with van der Waals surface area (Å²) in [6, 6.07) is 4.65. The van der Waals surface area contributed by atoms with Crippen LogP contribution in [0, 0.1) is 17.0 Å². The quantitative estimate of drug-likeness (QED) is 0.622. The molecule has 1 atom stereocenters. The van der Waals surface area contributed by atoms with Crippen molar-refractivity contribution in [1.29, 1.82) is 0 Å². The molecule has 0 saturated heterocycles. The number of benzene rings is 1. The van der Waals surface area contributed by atoms with Crippen LogP contribution in [0.15, 0.2) is 18.2 Å². The van der Waals surface area contributed by atoms with Crippen LogP contribution in [0.2, 0.25) is 0 Å². The van der Waals surface area contributed by atoms with Crippen molar-refractivity contribution in [3.63, 3.8) is 0 Å². The number of rotatable bonds is 6. The molecule has 0 aliphatic carbocycles. The van der Waals surface area contributed by atoms with E-state index in [1.807, 2.05) is 13.8 Å². The largest absolute Gasteiger partial charge is 0.350 e. The minimum absolute atomic E-state index is 0. The zero-order chi connectivity index (χ0) is 14.4. The summed E-state index contributed by atoms with van der Waals surface area (Å²) in [4.78, 5) is 22.2. The van der Waals surface area contributed by atoms with Crippen LogP contribution in [-0.2, 0) is 0 Å². The molecule has 20 heavy (non-hydrogen) atoms. The zero-order valence-electron chi connectivity index (χ0n) is 11.8. The average molecular weight is 302 g/mol. The molecule has 0 aliphatic heterocycles. The molecule has 112 valence electrons. The predicted molar refractivity (Wildman–Crippen MR) is 80.6 cm³/mol. The molecule has 6 nitrogen and oxygen atoms in total. The lowest BCUT2D eigenvalue weighted by molar-refractivity contribution is -0.385. The fraction of sp³-hybridized carbons (Fsp3) is 0.462. The van der Waals surface area contributed by atoms with Crippen molar-refractivity contribution < 1.29 is 9.72 Å². The number of aryl methyl sites for hydroxylation is 1. The number of nitro benzene ring substituents is 1. The minimum atomic E-state index is -0.479. The highest BCUT2D eigenvalue weighted by Gasteiger charge is 2.15. The van der Waals surface area contributed by atoms with E-state index in [1.54, 1.807) is 19.1 Å². The summed E-state index contributed by atoms with van der Waals surface area (Å²) in [5, 5.41) is 16.7. The van der Waals surface area contributed by atoms with Crippen molar-refractivity contribution in [1.82, 2.24) is 10.6 Å². The van der Waals surface area contributed by atoms with Gasteiger partial charge in [0.15, 0.2) is 0 Å². The lowest BCUT2D eigenvalue weighted by Crippen LogP contribution is -2.38. The van der Waals surface area contributed by atoms with Gasteiger partial charge in [0.2, 0.25) is 0 Å². The maximum absolute atomic E-state index is 11.9. The summed E-state index contributed by atoms with van der Waals surface area (Å²) >= 11 is 0. The third kappa shape index (κ3) is 5.14. The molecule has 0 fully saturated rings. The van der Waals surface area contributed by atoms with E-state index in [-0.39, 0.29) is 30.0 Å². The Morgan fingerprint density at radius 1 is 1.45 bits per heavy atom. The Bertz CT molecular complexity index is 480. The van der Waals surface area contributed by atoms with Gasteiger partial charge < -0.3 is 10.6 Å². The number of amides is 1. The fourth-order valence-electron chi connectivity index (χ4n) is 1.72. The fourth-order valence-corrected chi connectivity index (χ4v) is 1.72. The number of nitrogens with zero attached hydrogens (tertiary/aromatic N) is 1. The predicted octanol–water partition coefficient (Wildman–Crippen LogP) is 2.05. The number of likely N-dealkylation sites (N-methyl/N-ethyl adjacent to an activating group) is 1. The molecule has 0 aliphatic rings. The molecule has 0 aromatic heterocycles. The number of hydrogen-bond acceptors (Lipinski definition) is 4. The first-order valence-electron chi connectivity index (χ1n) is 6.22. The summed E-state index contributed by atoms with van der Waals surface area (Å²) in [5.41, 5.74) is 0.816. The Balaban J connectivity index is 0.00000361. The lowest BCUT2D eigenvalue weighted by atomic mass is 10.1. The van der Waals surface area contributed by atoms with Gasteiger partial charge in [-0.25, -0.2) is 0 Å². The first-order valence-corrected chi connectivity index (χ1v) is 6.22. The molecule has 0 bridgehead atoms. The van der Waals surface area contributed by atoms with Crippen molar-refractivity contribution in [2.75, 3.05) is 13.1 Å². The van der Waals surface area contributed by atoms with E-state index in [1.165, 1.54) is 6.07 Å². The van der Waals surface area contributed by atoms with E-state index in [4.69, 9.17) is 0 Å². The normalized spacial score (nSPS) is 11.3. The minimum Gasteiger partial charge on any atom is -0.350 e. The second-order valence-electron chi connectivity index (χ2n) is 4.43. The third-order valence-corrected chi connectivity index (χ3v) is 2.79. The Morgan fingerprint density at radius 3 is 2.65 bits per heavy atom. The van der Waals surface area contributed by atoms with E-state index in [0.29, 0.717) is 17.7 Å². The highest BCUT2D eigenvalue weighted by atomic mass is 35.5. The summed E-state index contributed by atoms with van der Waals surface area (Å²) in [6.45, 7) is 6.90. The van der Waals surface area contributed by atoms with Crippen molar-refractivity contribution in [3.05, 3.63) is 39.4 Å². The van der Waals surface area contributed by atoms with Crippen molar-refractivity contribution in [2.24, 2.45) is 0 Å². The SMILES string of the molecule is CCN[C@H](C)CNC(=O)c1ccc(C)c([N+](=O)[O-])c1.Cl. The van der Waals surface area contributed by atoms with E-state index >= 15 is 0 Å². The molecule has 0 heterocycles. The molecular formula is C13H20ClN3O3. The number of halogens is 1. The first kappa shape index (κ1) is 18.3. The Morgan fingerprint density at radius 2 is 2.10 bits per heavy atom.